The van der Waals surface area contributed by atoms with Gasteiger partial charge in [0.1, 0.15) is 12.6 Å². The van der Waals surface area contributed by atoms with E-state index in [1.807, 2.05) is 48.8 Å². The molecule has 1 aromatic heterocycles. The number of ether oxygens (including phenoxy) is 3. The van der Waals surface area contributed by atoms with Crippen LogP contribution < -0.4 is 21.3 Å². The molecule has 5 amide bonds. The Balaban J connectivity index is 0.739. The molecule has 5 heterocycles. The lowest BCUT2D eigenvalue weighted by molar-refractivity contribution is -0.136. The molecule has 61 heavy (non-hydrogen) atoms. The number of imide groups is 2. The third-order valence-electron chi connectivity index (χ3n) is 11.6. The molecule has 2 saturated heterocycles. The number of anilines is 3. The predicted octanol–water partition coefficient (Wildman–Crippen LogP) is 3.60. The zero-order valence-corrected chi connectivity index (χ0v) is 33.6. The fourth-order valence-corrected chi connectivity index (χ4v) is 8.74. The molecule has 4 aliphatic rings. The van der Waals surface area contributed by atoms with Crippen LogP contribution >= 0.6 is 0 Å². The second-order valence-electron chi connectivity index (χ2n) is 15.5. The summed E-state index contributed by atoms with van der Waals surface area (Å²) in [5, 5.41) is 22.1. The summed E-state index contributed by atoms with van der Waals surface area (Å²) in [6, 6.07) is 22.2. The average molecular weight is 832 g/mol. The van der Waals surface area contributed by atoms with Crippen LogP contribution in [0.3, 0.4) is 0 Å². The minimum absolute atomic E-state index is 0.00890. The highest BCUT2D eigenvalue weighted by atomic mass is 16.5. The normalized spacial score (nSPS) is 20.8. The standard InChI is InChI=1S/C45H49N7O9/c53-26-37-32-13-17-51(25-28-11-14-46-15-12-28)42(32)34-24-30(7-8-35(34)49-37)29-3-1-4-31(23-29)48-40(55)27-61-22-21-60-20-19-59-18-16-47-36-6-2-5-33-41(36)45(58)52(44(33)57)38-9-10-39(54)50-43(38)56/h1-8,11-12,14-15,23-24,32,37-38,42,47,49,53H,9-10,13,16-22,25-27H2,(H,48,55)(H,50,54,56)/t32-,37-,38?,42-/m1/s1. The van der Waals surface area contributed by atoms with Gasteiger partial charge >= 0.3 is 0 Å². The van der Waals surface area contributed by atoms with E-state index >= 15 is 0 Å². The van der Waals surface area contributed by atoms with Gasteiger partial charge in [0.25, 0.3) is 11.8 Å². The number of aliphatic hydroxyl groups is 1. The number of piperidine rings is 1. The smallest absolute Gasteiger partial charge is 0.264 e. The van der Waals surface area contributed by atoms with Crippen LogP contribution in [0.1, 0.15) is 57.1 Å². The van der Waals surface area contributed by atoms with Crippen molar-refractivity contribution >= 4 is 46.6 Å². The van der Waals surface area contributed by atoms with Crippen LogP contribution in [0.2, 0.25) is 0 Å². The molecule has 0 spiro atoms. The molecule has 0 radical (unpaired) electrons. The molecule has 318 valence electrons. The topological polar surface area (TPSA) is 201 Å². The van der Waals surface area contributed by atoms with E-state index in [-0.39, 0.29) is 74.3 Å². The molecule has 8 rings (SSSR count). The van der Waals surface area contributed by atoms with Crippen molar-refractivity contribution < 1.29 is 43.3 Å². The number of amides is 5. The van der Waals surface area contributed by atoms with E-state index in [1.54, 1.807) is 18.2 Å². The Morgan fingerprint density at radius 2 is 1.62 bits per heavy atom. The first-order valence-electron chi connectivity index (χ1n) is 20.7. The van der Waals surface area contributed by atoms with E-state index < -0.39 is 29.7 Å². The number of aromatic nitrogens is 1. The molecule has 2 fully saturated rings. The van der Waals surface area contributed by atoms with Crippen molar-refractivity contribution in [2.45, 2.75) is 43.9 Å². The highest BCUT2D eigenvalue weighted by molar-refractivity contribution is 6.25. The summed E-state index contributed by atoms with van der Waals surface area (Å²) in [7, 11) is 0. The van der Waals surface area contributed by atoms with Crippen molar-refractivity contribution in [2.75, 3.05) is 75.3 Å². The summed E-state index contributed by atoms with van der Waals surface area (Å²) in [6.45, 7) is 3.44. The lowest BCUT2D eigenvalue weighted by atomic mass is 9.82. The Morgan fingerprint density at radius 3 is 2.43 bits per heavy atom. The maximum Gasteiger partial charge on any atom is 0.264 e. The van der Waals surface area contributed by atoms with Crippen molar-refractivity contribution in [3.8, 4) is 11.1 Å². The van der Waals surface area contributed by atoms with E-state index in [0.29, 0.717) is 37.7 Å². The number of hydrogen-bond donors (Lipinski definition) is 5. The predicted molar refractivity (Wildman–Crippen MR) is 225 cm³/mol. The number of carbonyl (C=O) groups excluding carboxylic acids is 5. The Bertz CT molecular complexity index is 2270. The fraction of sp³-hybridized carbons (Fsp3) is 0.378. The Labute approximate surface area is 352 Å². The number of nitrogens with one attached hydrogen (secondary N) is 4. The molecular formula is C45H49N7O9. The van der Waals surface area contributed by atoms with Crippen molar-refractivity contribution in [1.29, 1.82) is 0 Å². The lowest BCUT2D eigenvalue weighted by Crippen LogP contribution is -2.54. The summed E-state index contributed by atoms with van der Waals surface area (Å²) in [6.07, 6.45) is 4.78. The number of hydrogen-bond acceptors (Lipinski definition) is 13. The molecule has 5 N–H and O–H groups in total. The summed E-state index contributed by atoms with van der Waals surface area (Å²) in [4.78, 5) is 70.6. The molecule has 16 heteroatoms. The minimum Gasteiger partial charge on any atom is -0.394 e. The number of benzene rings is 3. The molecule has 16 nitrogen and oxygen atoms in total. The maximum atomic E-state index is 13.3. The van der Waals surface area contributed by atoms with Gasteiger partial charge in [-0.25, -0.2) is 0 Å². The van der Waals surface area contributed by atoms with Gasteiger partial charge in [0.2, 0.25) is 17.7 Å². The number of aliphatic hydroxyl groups excluding tert-OH is 1. The Kier molecular flexibility index (Phi) is 13.1. The van der Waals surface area contributed by atoms with Crippen molar-refractivity contribution in [3.63, 3.8) is 0 Å². The quantitative estimate of drug-likeness (QED) is 0.0721. The van der Waals surface area contributed by atoms with Gasteiger partial charge in [-0.1, -0.05) is 24.3 Å². The van der Waals surface area contributed by atoms with Gasteiger partial charge in [0, 0.05) is 60.9 Å². The summed E-state index contributed by atoms with van der Waals surface area (Å²) >= 11 is 0. The third kappa shape index (κ3) is 9.33. The molecule has 0 saturated carbocycles. The first-order valence-corrected chi connectivity index (χ1v) is 20.7. The second kappa shape index (κ2) is 19.1. The molecule has 4 aromatic rings. The van der Waals surface area contributed by atoms with E-state index in [9.17, 15) is 29.1 Å². The van der Waals surface area contributed by atoms with Crippen LogP contribution in [-0.4, -0.2) is 121 Å². The largest absolute Gasteiger partial charge is 0.394 e. The SMILES string of the molecule is O=C1CCC(N2C(=O)c3cccc(NCCOCCOCCOCC(=O)Nc4cccc(-c5ccc6c(c5)[C@H]5[C@H](CCN5Cc5ccncc5)[C@@H](CO)N6)c4)c3C2=O)C(=O)N1. The summed E-state index contributed by atoms with van der Waals surface area (Å²) < 4.78 is 16.8. The number of carbonyl (C=O) groups is 5. The van der Waals surface area contributed by atoms with Crippen LogP contribution in [0.4, 0.5) is 17.1 Å². The van der Waals surface area contributed by atoms with Gasteiger partial charge < -0.3 is 35.3 Å². The van der Waals surface area contributed by atoms with Gasteiger partial charge in [-0.15, -0.1) is 0 Å². The highest BCUT2D eigenvalue weighted by Gasteiger charge is 2.46. The van der Waals surface area contributed by atoms with Crippen LogP contribution in [0.15, 0.2) is 85.2 Å². The molecule has 1 unspecified atom stereocenters. The number of likely N-dealkylation sites (tertiary alicyclic amines) is 1. The number of rotatable bonds is 18. The zero-order chi connectivity index (χ0) is 42.3. The van der Waals surface area contributed by atoms with Crippen LogP contribution in [0, 0.1) is 5.92 Å². The second-order valence-corrected chi connectivity index (χ2v) is 15.5. The summed E-state index contributed by atoms with van der Waals surface area (Å²) in [5.41, 5.74) is 6.97. The fourth-order valence-electron chi connectivity index (χ4n) is 8.74. The van der Waals surface area contributed by atoms with Crippen molar-refractivity contribution in [2.24, 2.45) is 5.92 Å². The van der Waals surface area contributed by atoms with Gasteiger partial charge in [0.05, 0.1) is 56.8 Å². The first kappa shape index (κ1) is 41.7. The van der Waals surface area contributed by atoms with Crippen LogP contribution in [0.25, 0.3) is 11.1 Å². The van der Waals surface area contributed by atoms with Gasteiger partial charge in [-0.3, -0.25) is 44.1 Å². The molecule has 4 aliphatic heterocycles. The minimum atomic E-state index is -1.03. The van der Waals surface area contributed by atoms with E-state index in [4.69, 9.17) is 14.2 Å². The molecule has 0 bridgehead atoms. The average Bonchev–Trinajstić information content (AvgIpc) is 3.80. The van der Waals surface area contributed by atoms with Crippen molar-refractivity contribution in [3.05, 3.63) is 107 Å². The molecule has 0 aliphatic carbocycles. The highest BCUT2D eigenvalue weighted by Crippen LogP contribution is 2.48. The van der Waals surface area contributed by atoms with E-state index in [0.717, 1.165) is 41.2 Å². The molecular weight excluding hydrogens is 783 g/mol. The van der Waals surface area contributed by atoms with E-state index in [1.165, 1.54) is 11.1 Å². The van der Waals surface area contributed by atoms with Crippen LogP contribution in [-0.2, 0) is 35.1 Å². The third-order valence-corrected chi connectivity index (χ3v) is 11.6. The monoisotopic (exact) mass is 831 g/mol. The summed E-state index contributed by atoms with van der Waals surface area (Å²) in [5.74, 6) is -2.22. The number of fused-ring (bicyclic) bond motifs is 4. The van der Waals surface area contributed by atoms with E-state index in [2.05, 4.69) is 49.4 Å². The van der Waals surface area contributed by atoms with Gasteiger partial charge in [0.15, 0.2) is 0 Å². The van der Waals surface area contributed by atoms with Gasteiger partial charge in [-0.2, -0.15) is 0 Å². The maximum absolute atomic E-state index is 13.3. The lowest BCUT2D eigenvalue weighted by Gasteiger charge is -2.39. The Morgan fingerprint density at radius 1 is 0.852 bits per heavy atom. The number of pyridine rings is 1. The molecule has 4 atom stereocenters. The first-order chi connectivity index (χ1) is 29.8. The van der Waals surface area contributed by atoms with Crippen LogP contribution in [0.5, 0.6) is 0 Å². The molecule has 3 aromatic carbocycles. The van der Waals surface area contributed by atoms with Gasteiger partial charge in [-0.05, 0) is 90.2 Å². The van der Waals surface area contributed by atoms with Crippen molar-refractivity contribution in [1.82, 2.24) is 20.1 Å². The zero-order valence-electron chi connectivity index (χ0n) is 33.6. The number of nitrogens with zero attached hydrogens (tertiary/aromatic N) is 3. The Hall–Kier alpha value is -6.04.